The van der Waals surface area contributed by atoms with Crippen molar-refractivity contribution < 1.29 is 4.74 Å². The average molecular weight is 265 g/mol. The van der Waals surface area contributed by atoms with E-state index in [1.807, 2.05) is 48.0 Å². The molecule has 1 atom stereocenters. The molecule has 0 radical (unpaired) electrons. The SMILES string of the molecule is C=Cn1ccnc1C(C)Oc1cccc(/C=C/C#N)c1. The molecule has 2 aromatic rings. The maximum atomic E-state index is 8.54. The molecule has 0 saturated carbocycles. The zero-order valence-corrected chi connectivity index (χ0v) is 11.2. The standard InChI is InChI=1S/C16H15N3O/c1-3-19-11-10-18-16(19)13(2)20-15-8-4-6-14(12-15)7-5-9-17/h3-8,10-13H,1H2,2H3/b7-5+. The normalized spacial score (nSPS) is 12.0. The predicted molar refractivity (Wildman–Crippen MR) is 78.7 cm³/mol. The summed E-state index contributed by atoms with van der Waals surface area (Å²) in [7, 11) is 0. The lowest BCUT2D eigenvalue weighted by molar-refractivity contribution is 0.215. The van der Waals surface area contributed by atoms with E-state index < -0.39 is 0 Å². The molecule has 0 aliphatic rings. The fraction of sp³-hybridized carbons (Fsp3) is 0.125. The molecule has 0 bridgehead atoms. The monoisotopic (exact) mass is 265 g/mol. The smallest absolute Gasteiger partial charge is 0.154 e. The Morgan fingerprint density at radius 3 is 3.10 bits per heavy atom. The van der Waals surface area contributed by atoms with Crippen molar-refractivity contribution in [1.82, 2.24) is 9.55 Å². The fourth-order valence-corrected chi connectivity index (χ4v) is 1.88. The van der Waals surface area contributed by atoms with E-state index in [0.29, 0.717) is 0 Å². The van der Waals surface area contributed by atoms with E-state index in [1.165, 1.54) is 6.08 Å². The van der Waals surface area contributed by atoms with Gasteiger partial charge in [-0.3, -0.25) is 0 Å². The Bertz CT molecular complexity index is 664. The van der Waals surface area contributed by atoms with Gasteiger partial charge >= 0.3 is 0 Å². The van der Waals surface area contributed by atoms with Crippen LogP contribution in [0.25, 0.3) is 12.3 Å². The third-order valence-electron chi connectivity index (χ3n) is 2.78. The first-order chi connectivity index (χ1) is 9.74. The van der Waals surface area contributed by atoms with E-state index in [1.54, 1.807) is 18.5 Å². The molecule has 1 heterocycles. The number of hydrogen-bond acceptors (Lipinski definition) is 3. The van der Waals surface area contributed by atoms with Crippen LogP contribution in [0.15, 0.2) is 49.3 Å². The lowest BCUT2D eigenvalue weighted by Gasteiger charge is -2.15. The van der Waals surface area contributed by atoms with Gasteiger partial charge in [-0.1, -0.05) is 18.7 Å². The van der Waals surface area contributed by atoms with Gasteiger partial charge in [0, 0.05) is 24.7 Å². The molecule has 20 heavy (non-hydrogen) atoms. The van der Waals surface area contributed by atoms with Gasteiger partial charge in [0.1, 0.15) is 5.75 Å². The average Bonchev–Trinajstić information content (AvgIpc) is 2.94. The van der Waals surface area contributed by atoms with E-state index in [-0.39, 0.29) is 6.10 Å². The summed E-state index contributed by atoms with van der Waals surface area (Å²) in [5, 5.41) is 8.54. The number of nitrogens with zero attached hydrogens (tertiary/aromatic N) is 3. The number of nitriles is 1. The first-order valence-electron chi connectivity index (χ1n) is 6.22. The Hall–Kier alpha value is -2.80. The molecule has 100 valence electrons. The highest BCUT2D eigenvalue weighted by atomic mass is 16.5. The minimum absolute atomic E-state index is 0.196. The molecular formula is C16H15N3O. The van der Waals surface area contributed by atoms with Gasteiger partial charge in [-0.05, 0) is 30.7 Å². The summed E-state index contributed by atoms with van der Waals surface area (Å²) in [6.07, 6.45) is 8.21. The van der Waals surface area contributed by atoms with Crippen molar-refractivity contribution in [3.63, 3.8) is 0 Å². The Kier molecular flexibility index (Phi) is 4.35. The Morgan fingerprint density at radius 2 is 2.35 bits per heavy atom. The molecule has 4 heteroatoms. The minimum atomic E-state index is -0.196. The number of rotatable bonds is 5. The maximum absolute atomic E-state index is 8.54. The Morgan fingerprint density at radius 1 is 1.50 bits per heavy atom. The summed E-state index contributed by atoms with van der Waals surface area (Å²) >= 11 is 0. The Balaban J connectivity index is 2.16. The zero-order chi connectivity index (χ0) is 14.4. The van der Waals surface area contributed by atoms with Crippen LogP contribution in [0.5, 0.6) is 5.75 Å². The summed E-state index contributed by atoms with van der Waals surface area (Å²) in [4.78, 5) is 4.26. The number of aromatic nitrogens is 2. The van der Waals surface area contributed by atoms with E-state index in [4.69, 9.17) is 10.00 Å². The van der Waals surface area contributed by atoms with Crippen LogP contribution in [0, 0.1) is 11.3 Å². The molecule has 1 aromatic heterocycles. The fourth-order valence-electron chi connectivity index (χ4n) is 1.88. The van der Waals surface area contributed by atoms with Gasteiger partial charge < -0.3 is 9.30 Å². The van der Waals surface area contributed by atoms with E-state index >= 15 is 0 Å². The molecule has 4 nitrogen and oxygen atoms in total. The first kappa shape index (κ1) is 13.6. The molecule has 0 aliphatic carbocycles. The Labute approximate surface area is 118 Å². The lowest BCUT2D eigenvalue weighted by Crippen LogP contribution is -2.08. The van der Waals surface area contributed by atoms with Crippen molar-refractivity contribution in [3.05, 3.63) is 60.7 Å². The number of hydrogen-bond donors (Lipinski definition) is 0. The maximum Gasteiger partial charge on any atom is 0.154 e. The van der Waals surface area contributed by atoms with Crippen LogP contribution in [0.1, 0.15) is 24.4 Å². The van der Waals surface area contributed by atoms with E-state index in [2.05, 4.69) is 11.6 Å². The van der Waals surface area contributed by atoms with Gasteiger partial charge in [0.15, 0.2) is 11.9 Å². The second-order valence-electron chi connectivity index (χ2n) is 4.17. The molecule has 0 N–H and O–H groups in total. The van der Waals surface area contributed by atoms with Crippen LogP contribution in [-0.2, 0) is 0 Å². The molecular weight excluding hydrogens is 250 g/mol. The van der Waals surface area contributed by atoms with E-state index in [0.717, 1.165) is 17.1 Å². The van der Waals surface area contributed by atoms with Crippen molar-refractivity contribution >= 4 is 12.3 Å². The van der Waals surface area contributed by atoms with Crippen LogP contribution in [-0.4, -0.2) is 9.55 Å². The van der Waals surface area contributed by atoms with Gasteiger partial charge in [-0.25, -0.2) is 4.98 Å². The second kappa shape index (κ2) is 6.39. The van der Waals surface area contributed by atoms with Crippen LogP contribution < -0.4 is 4.74 Å². The highest BCUT2D eigenvalue weighted by Crippen LogP contribution is 2.22. The van der Waals surface area contributed by atoms with Crippen molar-refractivity contribution in [2.24, 2.45) is 0 Å². The van der Waals surface area contributed by atoms with Crippen molar-refractivity contribution in [1.29, 1.82) is 5.26 Å². The van der Waals surface area contributed by atoms with Gasteiger partial charge in [0.2, 0.25) is 0 Å². The number of benzene rings is 1. The quantitative estimate of drug-likeness (QED) is 0.775. The van der Waals surface area contributed by atoms with Gasteiger partial charge in [0.25, 0.3) is 0 Å². The zero-order valence-electron chi connectivity index (χ0n) is 11.2. The summed E-state index contributed by atoms with van der Waals surface area (Å²) in [6.45, 7) is 5.66. The van der Waals surface area contributed by atoms with Crippen LogP contribution in [0.2, 0.25) is 0 Å². The molecule has 0 saturated heterocycles. The van der Waals surface area contributed by atoms with Gasteiger partial charge in [-0.2, -0.15) is 5.26 Å². The number of imidazole rings is 1. The summed E-state index contributed by atoms with van der Waals surface area (Å²) in [5.74, 6) is 1.52. The molecule has 2 rings (SSSR count). The minimum Gasteiger partial charge on any atom is -0.483 e. The first-order valence-corrected chi connectivity index (χ1v) is 6.22. The number of allylic oxidation sites excluding steroid dienone is 1. The van der Waals surface area contributed by atoms with Crippen molar-refractivity contribution in [3.8, 4) is 11.8 Å². The highest BCUT2D eigenvalue weighted by molar-refractivity contribution is 5.53. The third-order valence-corrected chi connectivity index (χ3v) is 2.78. The molecule has 0 aliphatic heterocycles. The topological polar surface area (TPSA) is 50.8 Å². The van der Waals surface area contributed by atoms with Gasteiger partial charge in [-0.15, -0.1) is 0 Å². The summed E-state index contributed by atoms with van der Waals surface area (Å²) in [5.41, 5.74) is 0.920. The highest BCUT2D eigenvalue weighted by Gasteiger charge is 2.12. The van der Waals surface area contributed by atoms with Gasteiger partial charge in [0.05, 0.1) is 6.07 Å². The predicted octanol–water partition coefficient (Wildman–Crippen LogP) is 3.66. The molecule has 0 fully saturated rings. The van der Waals surface area contributed by atoms with Crippen molar-refractivity contribution in [2.75, 3.05) is 0 Å². The molecule has 1 unspecified atom stereocenters. The van der Waals surface area contributed by atoms with Crippen molar-refractivity contribution in [2.45, 2.75) is 13.0 Å². The van der Waals surface area contributed by atoms with Crippen LogP contribution in [0.3, 0.4) is 0 Å². The largest absolute Gasteiger partial charge is 0.483 e. The lowest BCUT2D eigenvalue weighted by atomic mass is 10.2. The van der Waals surface area contributed by atoms with E-state index in [9.17, 15) is 0 Å². The van der Waals surface area contributed by atoms with Crippen LogP contribution >= 0.6 is 0 Å². The number of ether oxygens (including phenoxy) is 1. The van der Waals surface area contributed by atoms with Crippen LogP contribution in [0.4, 0.5) is 0 Å². The summed E-state index contributed by atoms with van der Waals surface area (Å²) in [6, 6.07) is 9.53. The molecule has 1 aromatic carbocycles. The second-order valence-corrected chi connectivity index (χ2v) is 4.17. The summed E-state index contributed by atoms with van der Waals surface area (Å²) < 4.78 is 7.70. The molecule has 0 spiro atoms. The molecule has 0 amide bonds. The third kappa shape index (κ3) is 3.15.